The molecular weight excluding hydrogens is 1140 g/mol. The molecule has 418 valence electrons. The summed E-state index contributed by atoms with van der Waals surface area (Å²) in [5.41, 5.74) is 0. The fourth-order valence-electron chi connectivity index (χ4n) is 9.08. The van der Waals surface area contributed by atoms with E-state index in [4.69, 9.17) is 157 Å². The highest BCUT2D eigenvalue weighted by Gasteiger charge is 2.49. The van der Waals surface area contributed by atoms with E-state index >= 15 is 0 Å². The molecule has 4 aliphatic heterocycles. The second-order valence-corrected chi connectivity index (χ2v) is 26.8. The Balaban J connectivity index is 1.49. The number of rotatable bonds is 19. The van der Waals surface area contributed by atoms with Crippen molar-refractivity contribution in [3.63, 3.8) is 0 Å². The molecular formula is C45H70Cl9N3O15. The van der Waals surface area contributed by atoms with Crippen molar-refractivity contribution < 1.29 is 71.6 Å². The van der Waals surface area contributed by atoms with Crippen molar-refractivity contribution in [1.29, 1.82) is 0 Å². The van der Waals surface area contributed by atoms with E-state index in [0.717, 1.165) is 0 Å². The molecule has 0 aliphatic carbocycles. The van der Waals surface area contributed by atoms with Gasteiger partial charge in [0.15, 0.2) is 25.2 Å². The number of aliphatic hydroxyl groups is 1. The highest BCUT2D eigenvalue weighted by molar-refractivity contribution is 6.68. The number of nitrogens with one attached hydrogen (secondary N) is 3. The molecule has 0 aromatic heterocycles. The first-order valence-electron chi connectivity index (χ1n) is 23.7. The van der Waals surface area contributed by atoms with Crippen molar-refractivity contribution in [3.8, 4) is 0 Å². The van der Waals surface area contributed by atoms with Crippen LogP contribution in [0.1, 0.15) is 62.3 Å². The molecule has 0 bridgehead atoms. The number of aliphatic hydroxyl groups excluding tert-OH is 1. The van der Waals surface area contributed by atoms with E-state index in [-0.39, 0.29) is 86.3 Å². The summed E-state index contributed by atoms with van der Waals surface area (Å²) in [5.74, 6) is -1.45. The molecule has 18 nitrogen and oxygen atoms in total. The number of amides is 3. The lowest BCUT2D eigenvalue weighted by Crippen LogP contribution is -2.61. The minimum absolute atomic E-state index is 0.00693. The number of halogens is 9. The Kier molecular flexibility index (Phi) is 25.6. The fraction of sp³-hybridized carbons (Fsp3) is 0.889. The maximum atomic E-state index is 13.2. The van der Waals surface area contributed by atoms with Gasteiger partial charge >= 0.3 is 18.3 Å². The molecule has 4 N–H and O–H groups in total. The largest absolute Gasteiger partial charge is 0.445 e. The Morgan fingerprint density at radius 1 is 0.458 bits per heavy atom. The van der Waals surface area contributed by atoms with Crippen molar-refractivity contribution in [1.82, 2.24) is 16.0 Å². The number of alkyl carbamates (subject to hydrolysis) is 3. The Bertz CT molecular complexity index is 1740. The minimum atomic E-state index is -1.86. The van der Waals surface area contributed by atoms with Gasteiger partial charge < -0.3 is 73.2 Å². The van der Waals surface area contributed by atoms with Gasteiger partial charge in [0.25, 0.3) is 0 Å². The average molecular weight is 1210 g/mol. The molecule has 0 aromatic rings. The van der Waals surface area contributed by atoms with Crippen LogP contribution in [0.2, 0.25) is 0 Å². The smallest absolute Gasteiger partial charge is 0.407 e. The minimum Gasteiger partial charge on any atom is -0.445 e. The number of alkyl halides is 9. The molecule has 4 rings (SSSR count). The molecule has 4 saturated heterocycles. The van der Waals surface area contributed by atoms with E-state index in [2.05, 4.69) is 36.4 Å². The zero-order valence-corrected chi connectivity index (χ0v) is 48.4. The van der Waals surface area contributed by atoms with Gasteiger partial charge in [-0.1, -0.05) is 173 Å². The van der Waals surface area contributed by atoms with Crippen molar-refractivity contribution in [3.05, 3.63) is 12.7 Å². The van der Waals surface area contributed by atoms with Crippen molar-refractivity contribution in [2.24, 2.45) is 53.3 Å². The van der Waals surface area contributed by atoms with Gasteiger partial charge in [-0.25, -0.2) is 14.4 Å². The van der Waals surface area contributed by atoms with Gasteiger partial charge in [0, 0.05) is 5.92 Å². The number of carbonyl (C=O) groups excluding carboxylic acids is 3. The molecule has 4 fully saturated rings. The number of carbonyl (C=O) groups is 3. The van der Waals surface area contributed by atoms with Crippen LogP contribution < -0.4 is 16.0 Å². The first-order valence-corrected chi connectivity index (χ1v) is 27.1. The van der Waals surface area contributed by atoms with E-state index in [1.807, 2.05) is 48.5 Å². The third kappa shape index (κ3) is 19.3. The van der Waals surface area contributed by atoms with Crippen LogP contribution in [-0.2, 0) is 52.1 Å². The number of hydrogen-bond donors (Lipinski definition) is 4. The Hall–Kier alpha value is -0.200. The standard InChI is InChI=1S/C45H70Cl9N3O15/c1-11-12-62-37-33(55-40(59)66-17-43(46,47)48)26(8)23(5)31(71-37)14-63-36-28(10)20(2)21(3)30(70-36)15-65-39-35(57-42(61)68-19-45(52,53)54)27(9)24(6)32(72-39)16-64-38-34(25(7)22(4)29(13-58)69-38)56-41(60)67-18-44(49,50)51/h11,20-39,58H,1,12-19H2,2-10H3,(H,55,59)(H,56,60)(H,57,61)/t20-,21-,22-,23-,24-,25-,26-,27-,28?,29?,30?,31?,32?,33?,34?,35?,36+,37+,38+,39+/m0/s1. The monoisotopic (exact) mass is 1210 g/mol. The first kappa shape index (κ1) is 64.3. The second-order valence-electron chi connectivity index (χ2n) is 19.3. The summed E-state index contributed by atoms with van der Waals surface area (Å²) >= 11 is 52.4. The maximum absolute atomic E-state index is 13.2. The van der Waals surface area contributed by atoms with E-state index in [1.165, 1.54) is 0 Å². The lowest BCUT2D eigenvalue weighted by molar-refractivity contribution is -0.304. The number of hydrogen-bond acceptors (Lipinski definition) is 15. The molecule has 0 aromatic carbocycles. The van der Waals surface area contributed by atoms with Gasteiger partial charge in [-0.2, -0.15) is 0 Å². The molecule has 4 heterocycles. The van der Waals surface area contributed by atoms with Crippen LogP contribution in [0.5, 0.6) is 0 Å². The van der Waals surface area contributed by atoms with E-state index in [0.29, 0.717) is 0 Å². The van der Waals surface area contributed by atoms with Gasteiger partial charge in [-0.3, -0.25) is 0 Å². The van der Waals surface area contributed by atoms with Crippen molar-refractivity contribution in [2.75, 3.05) is 52.9 Å². The van der Waals surface area contributed by atoms with Gasteiger partial charge in [0.2, 0.25) is 11.4 Å². The lowest BCUT2D eigenvalue weighted by Gasteiger charge is -2.48. The fourth-order valence-corrected chi connectivity index (χ4v) is 9.57. The van der Waals surface area contributed by atoms with Gasteiger partial charge in [-0.15, -0.1) is 6.58 Å². The van der Waals surface area contributed by atoms with Crippen LogP contribution >= 0.6 is 104 Å². The molecule has 0 spiro atoms. The van der Waals surface area contributed by atoms with Crippen LogP contribution in [0.3, 0.4) is 0 Å². The van der Waals surface area contributed by atoms with E-state index in [1.54, 1.807) is 6.08 Å². The molecule has 4 aliphatic rings. The molecule has 27 heteroatoms. The van der Waals surface area contributed by atoms with E-state index in [9.17, 15) is 19.5 Å². The first-order chi connectivity index (χ1) is 33.4. The van der Waals surface area contributed by atoms with Crippen LogP contribution in [0, 0.1) is 53.3 Å². The Morgan fingerprint density at radius 2 is 0.750 bits per heavy atom. The Morgan fingerprint density at radius 3 is 1.08 bits per heavy atom. The van der Waals surface area contributed by atoms with Crippen LogP contribution in [0.4, 0.5) is 14.4 Å². The maximum Gasteiger partial charge on any atom is 0.407 e. The van der Waals surface area contributed by atoms with E-state index < -0.39 is 117 Å². The summed E-state index contributed by atoms with van der Waals surface area (Å²) in [5, 5.41) is 18.6. The molecule has 20 atom stereocenters. The highest BCUT2D eigenvalue weighted by atomic mass is 35.6. The summed E-state index contributed by atoms with van der Waals surface area (Å²) in [7, 11) is 0. The van der Waals surface area contributed by atoms with Crippen molar-refractivity contribution >= 4 is 123 Å². The third-order valence-corrected chi connectivity index (χ3v) is 15.5. The zero-order valence-electron chi connectivity index (χ0n) is 41.6. The molecule has 3 amide bonds. The normalized spacial score (nSPS) is 37.8. The van der Waals surface area contributed by atoms with Gasteiger partial charge in [0.05, 0.1) is 75.6 Å². The topological polar surface area (TPSA) is 209 Å². The van der Waals surface area contributed by atoms with Crippen molar-refractivity contribution in [2.45, 2.75) is 141 Å². The quantitative estimate of drug-likeness (QED) is 0.0540. The summed E-state index contributed by atoms with van der Waals surface area (Å²) in [6, 6.07) is -2.17. The van der Waals surface area contributed by atoms with Crippen LogP contribution in [-0.4, -0.2) is 155 Å². The summed E-state index contributed by atoms with van der Waals surface area (Å²) in [6.45, 7) is 19.9. The summed E-state index contributed by atoms with van der Waals surface area (Å²) < 4.78 is 61.4. The SMILES string of the molecule is C=CCO[C@@H]1OC(CO[C@@H]2OC(CO[C@@H]3OC(CO[C@@H]4OC(CO)[C@@H](C)[C@H](C)C4NC(=O)OCC(Cl)(Cl)Cl)[C@@H](C)[C@H](C)C3NC(=O)OCC(Cl)(Cl)Cl)[C@@H](C)[C@H](C)C2C)[C@@H](C)[C@H](C)C1NC(=O)OCC(Cl)(Cl)Cl. The number of ether oxygens (including phenoxy) is 11. The molecule has 0 saturated carbocycles. The lowest BCUT2D eigenvalue weighted by atomic mass is 9.79. The average Bonchev–Trinajstić information content (AvgIpc) is 3.30. The Labute approximate surface area is 467 Å². The highest BCUT2D eigenvalue weighted by Crippen LogP contribution is 2.40. The molecule has 72 heavy (non-hydrogen) atoms. The summed E-state index contributed by atoms with van der Waals surface area (Å²) in [6.07, 6.45) is -7.00. The van der Waals surface area contributed by atoms with Gasteiger partial charge in [0.1, 0.15) is 19.8 Å². The predicted octanol–water partition coefficient (Wildman–Crippen LogP) is 9.25. The predicted molar refractivity (Wildman–Crippen MR) is 274 cm³/mol. The third-order valence-electron chi connectivity index (χ3n) is 14.5. The van der Waals surface area contributed by atoms with Crippen LogP contribution in [0.15, 0.2) is 12.7 Å². The second kappa shape index (κ2) is 28.6. The summed E-state index contributed by atoms with van der Waals surface area (Å²) in [4.78, 5) is 38.8. The molecule has 8 unspecified atom stereocenters. The van der Waals surface area contributed by atoms with Gasteiger partial charge in [-0.05, 0) is 47.3 Å². The van der Waals surface area contributed by atoms with Crippen LogP contribution in [0.25, 0.3) is 0 Å². The zero-order chi connectivity index (χ0) is 54.0. The molecule has 0 radical (unpaired) electrons.